The summed E-state index contributed by atoms with van der Waals surface area (Å²) in [7, 11) is -2.84. The van der Waals surface area contributed by atoms with Crippen LogP contribution in [0.3, 0.4) is 0 Å². The van der Waals surface area contributed by atoms with Crippen LogP contribution in [-0.4, -0.2) is 37.1 Å². The second kappa shape index (κ2) is 5.33. The zero-order valence-electron chi connectivity index (χ0n) is 11.5. The van der Waals surface area contributed by atoms with Gasteiger partial charge in [-0.25, -0.2) is 8.42 Å². The summed E-state index contributed by atoms with van der Waals surface area (Å²) in [6.45, 7) is 1.27. The maximum absolute atomic E-state index is 11.9. The summed E-state index contributed by atoms with van der Waals surface area (Å²) in [5.74, 6) is 0.514. The highest BCUT2D eigenvalue weighted by Gasteiger charge is 2.27. The minimum Gasteiger partial charge on any atom is -0.311 e. The highest BCUT2D eigenvalue weighted by molar-refractivity contribution is 7.91. The van der Waals surface area contributed by atoms with Crippen LogP contribution in [-0.2, 0) is 29.2 Å². The molecule has 1 saturated heterocycles. The first-order valence-electron chi connectivity index (χ1n) is 7.20. The fraction of sp³-hybridized carbons (Fsp3) is 0.643. The fourth-order valence-electron chi connectivity index (χ4n) is 3.22. The molecule has 0 aromatic carbocycles. The third-order valence-corrected chi connectivity index (χ3v) is 6.02. The molecule has 1 aliphatic heterocycles. The van der Waals surface area contributed by atoms with Gasteiger partial charge in [-0.2, -0.15) is 0 Å². The number of fused-ring (bicyclic) bond motifs is 1. The third kappa shape index (κ3) is 2.81. The number of aromatic nitrogens is 1. The Hall–Kier alpha value is -1.14. The van der Waals surface area contributed by atoms with Gasteiger partial charge in [0.15, 0.2) is 9.84 Å². The Labute approximate surface area is 118 Å². The standard InChI is InChI=1S/C14H20N2O3S/c17-14-5-4-11-2-1-3-13(11)16(14)8-7-15-12-6-9-20(18,19)10-12/h4-5,12,15H,1-3,6-10H2. The first-order valence-corrected chi connectivity index (χ1v) is 9.03. The lowest BCUT2D eigenvalue weighted by Gasteiger charge is -2.14. The first-order chi connectivity index (χ1) is 9.55. The Bertz CT molecular complexity index is 663. The molecule has 5 nitrogen and oxygen atoms in total. The first kappa shape index (κ1) is 13.8. The Morgan fingerprint density at radius 2 is 2.15 bits per heavy atom. The van der Waals surface area contributed by atoms with Gasteiger partial charge in [-0.15, -0.1) is 0 Å². The molecule has 0 saturated carbocycles. The molecule has 6 heteroatoms. The van der Waals surface area contributed by atoms with Crippen molar-refractivity contribution >= 4 is 9.84 Å². The Morgan fingerprint density at radius 1 is 1.30 bits per heavy atom. The van der Waals surface area contributed by atoms with Gasteiger partial charge in [0.25, 0.3) is 5.56 Å². The summed E-state index contributed by atoms with van der Waals surface area (Å²) in [6.07, 6.45) is 3.84. The number of nitrogens with zero attached hydrogens (tertiary/aromatic N) is 1. The molecule has 0 radical (unpaired) electrons. The highest BCUT2D eigenvalue weighted by Crippen LogP contribution is 2.19. The molecule has 1 N–H and O–H groups in total. The maximum Gasteiger partial charge on any atom is 0.250 e. The number of sulfone groups is 1. The monoisotopic (exact) mass is 296 g/mol. The van der Waals surface area contributed by atoms with E-state index in [0.29, 0.717) is 19.5 Å². The van der Waals surface area contributed by atoms with Crippen molar-refractivity contribution in [2.45, 2.75) is 38.3 Å². The van der Waals surface area contributed by atoms with Crippen LogP contribution >= 0.6 is 0 Å². The predicted molar refractivity (Wildman–Crippen MR) is 77.8 cm³/mol. The van der Waals surface area contributed by atoms with Crippen LogP contribution in [0.25, 0.3) is 0 Å². The predicted octanol–water partition coefficient (Wildman–Crippen LogP) is 0.114. The van der Waals surface area contributed by atoms with E-state index >= 15 is 0 Å². The Morgan fingerprint density at radius 3 is 2.90 bits per heavy atom. The van der Waals surface area contributed by atoms with Crippen molar-refractivity contribution in [1.29, 1.82) is 0 Å². The lowest BCUT2D eigenvalue weighted by molar-refractivity contribution is 0.507. The molecule has 0 spiro atoms. The molecule has 0 amide bonds. The molecule has 1 aliphatic carbocycles. The second-order valence-corrected chi connectivity index (χ2v) is 7.93. The van der Waals surface area contributed by atoms with Crippen LogP contribution in [0.15, 0.2) is 16.9 Å². The van der Waals surface area contributed by atoms with E-state index in [1.165, 1.54) is 11.3 Å². The van der Waals surface area contributed by atoms with Crippen molar-refractivity contribution in [3.63, 3.8) is 0 Å². The van der Waals surface area contributed by atoms with Gasteiger partial charge in [-0.05, 0) is 31.2 Å². The van der Waals surface area contributed by atoms with Crippen LogP contribution in [0.1, 0.15) is 24.1 Å². The van der Waals surface area contributed by atoms with E-state index in [-0.39, 0.29) is 23.1 Å². The molecule has 1 aromatic rings. The van der Waals surface area contributed by atoms with Crippen LogP contribution in [0.4, 0.5) is 0 Å². The van der Waals surface area contributed by atoms with E-state index in [0.717, 1.165) is 19.3 Å². The molecule has 1 atom stereocenters. The molecular formula is C14H20N2O3S. The fourth-order valence-corrected chi connectivity index (χ4v) is 4.92. The number of hydrogen-bond acceptors (Lipinski definition) is 4. The van der Waals surface area contributed by atoms with Crippen LogP contribution in [0.2, 0.25) is 0 Å². The summed E-state index contributed by atoms with van der Waals surface area (Å²) in [5.41, 5.74) is 2.50. The van der Waals surface area contributed by atoms with Crippen molar-refractivity contribution in [2.24, 2.45) is 0 Å². The molecule has 2 aliphatic rings. The molecule has 110 valence electrons. The van der Waals surface area contributed by atoms with Gasteiger partial charge in [0.05, 0.1) is 11.5 Å². The van der Waals surface area contributed by atoms with Crippen molar-refractivity contribution in [3.05, 3.63) is 33.7 Å². The van der Waals surface area contributed by atoms with E-state index in [1.54, 1.807) is 6.07 Å². The summed E-state index contributed by atoms with van der Waals surface area (Å²) in [5, 5.41) is 3.27. The van der Waals surface area contributed by atoms with Crippen molar-refractivity contribution in [1.82, 2.24) is 9.88 Å². The summed E-state index contributed by atoms with van der Waals surface area (Å²) < 4.78 is 24.6. The second-order valence-electron chi connectivity index (χ2n) is 5.70. The van der Waals surface area contributed by atoms with Crippen LogP contribution in [0.5, 0.6) is 0 Å². The molecule has 0 bridgehead atoms. The minimum absolute atomic E-state index is 0.0477. The lowest BCUT2D eigenvalue weighted by Crippen LogP contribution is -2.35. The largest absolute Gasteiger partial charge is 0.311 e. The van der Waals surface area contributed by atoms with Crippen LogP contribution in [0, 0.1) is 0 Å². The third-order valence-electron chi connectivity index (χ3n) is 4.25. The zero-order valence-corrected chi connectivity index (χ0v) is 12.3. The smallest absolute Gasteiger partial charge is 0.250 e. The van der Waals surface area contributed by atoms with Gasteiger partial charge in [-0.1, -0.05) is 6.07 Å². The highest BCUT2D eigenvalue weighted by atomic mass is 32.2. The average Bonchev–Trinajstić information content (AvgIpc) is 2.98. The van der Waals surface area contributed by atoms with E-state index in [9.17, 15) is 13.2 Å². The van der Waals surface area contributed by atoms with E-state index in [2.05, 4.69) is 5.32 Å². The summed E-state index contributed by atoms with van der Waals surface area (Å²) in [6, 6.07) is 3.63. The van der Waals surface area contributed by atoms with Gasteiger partial charge >= 0.3 is 0 Å². The SMILES string of the molecule is O=c1ccc2c(n1CCNC1CCS(=O)(=O)C1)CCC2. The van der Waals surface area contributed by atoms with Gasteiger partial charge in [0.1, 0.15) is 0 Å². The van der Waals surface area contributed by atoms with E-state index in [4.69, 9.17) is 0 Å². The number of pyridine rings is 1. The topological polar surface area (TPSA) is 68.2 Å². The molecule has 1 unspecified atom stereocenters. The van der Waals surface area contributed by atoms with Crippen molar-refractivity contribution in [2.75, 3.05) is 18.1 Å². The molecule has 2 heterocycles. The number of aryl methyl sites for hydroxylation is 1. The van der Waals surface area contributed by atoms with Gasteiger partial charge < -0.3 is 9.88 Å². The van der Waals surface area contributed by atoms with Gasteiger partial charge in [0.2, 0.25) is 0 Å². The van der Waals surface area contributed by atoms with E-state index < -0.39 is 9.84 Å². The summed E-state index contributed by atoms with van der Waals surface area (Å²) >= 11 is 0. The van der Waals surface area contributed by atoms with Gasteiger partial charge in [-0.3, -0.25) is 4.79 Å². The quantitative estimate of drug-likeness (QED) is 0.856. The van der Waals surface area contributed by atoms with E-state index in [1.807, 2.05) is 10.6 Å². The minimum atomic E-state index is -2.84. The van der Waals surface area contributed by atoms with Gasteiger partial charge in [0, 0.05) is 30.9 Å². The summed E-state index contributed by atoms with van der Waals surface area (Å²) in [4.78, 5) is 11.9. The lowest BCUT2D eigenvalue weighted by atomic mass is 10.2. The molecule has 1 fully saturated rings. The Balaban J connectivity index is 1.62. The number of nitrogens with one attached hydrogen (secondary N) is 1. The Kier molecular flexibility index (Phi) is 3.69. The average molecular weight is 296 g/mol. The van der Waals surface area contributed by atoms with Crippen LogP contribution < -0.4 is 10.9 Å². The zero-order chi connectivity index (χ0) is 14.2. The normalized spacial score (nSPS) is 23.9. The number of rotatable bonds is 4. The van der Waals surface area contributed by atoms with Crippen molar-refractivity contribution < 1.29 is 8.42 Å². The number of hydrogen-bond donors (Lipinski definition) is 1. The molecular weight excluding hydrogens is 276 g/mol. The van der Waals surface area contributed by atoms with Crippen molar-refractivity contribution in [3.8, 4) is 0 Å². The molecule has 20 heavy (non-hydrogen) atoms. The molecule has 1 aromatic heterocycles. The maximum atomic E-state index is 11.9. The molecule has 3 rings (SSSR count).